The lowest BCUT2D eigenvalue weighted by molar-refractivity contribution is -0.0440. The lowest BCUT2D eigenvalue weighted by Gasteiger charge is -2.34. The molecule has 2 aromatic carbocycles. The Morgan fingerprint density at radius 1 is 1.12 bits per heavy atom. The van der Waals surface area contributed by atoms with Crippen molar-refractivity contribution in [3.05, 3.63) is 65.0 Å². The highest BCUT2D eigenvalue weighted by Gasteiger charge is 2.32. The summed E-state index contributed by atoms with van der Waals surface area (Å²) in [4.78, 5) is 16.8. The van der Waals surface area contributed by atoms with Crippen LogP contribution in [0.3, 0.4) is 0 Å². The molecule has 1 aliphatic heterocycles. The Kier molecular flexibility index (Phi) is 6.57. The summed E-state index contributed by atoms with van der Waals surface area (Å²) in [6, 6.07) is 8.64. The molecule has 1 amide bonds. The van der Waals surface area contributed by atoms with E-state index in [1.807, 2.05) is 13.8 Å². The van der Waals surface area contributed by atoms with E-state index in [1.54, 1.807) is 0 Å². The number of hydrogen-bond acceptors (Lipinski definition) is 6. The molecule has 0 radical (unpaired) electrons. The predicted octanol–water partition coefficient (Wildman–Crippen LogP) is 4.14. The Morgan fingerprint density at radius 2 is 1.79 bits per heavy atom. The number of hydrogen-bond donors (Lipinski definition) is 1. The summed E-state index contributed by atoms with van der Waals surface area (Å²) in [5, 5.41) is 4.30. The van der Waals surface area contributed by atoms with Crippen LogP contribution in [-0.4, -0.2) is 48.9 Å². The van der Waals surface area contributed by atoms with Crippen molar-refractivity contribution in [2.24, 2.45) is 0 Å². The van der Waals surface area contributed by atoms with E-state index in [9.17, 15) is 22.0 Å². The van der Waals surface area contributed by atoms with Crippen molar-refractivity contribution in [2.75, 3.05) is 18.4 Å². The van der Waals surface area contributed by atoms with Crippen LogP contribution >= 0.6 is 11.3 Å². The Morgan fingerprint density at radius 3 is 2.45 bits per heavy atom. The van der Waals surface area contributed by atoms with E-state index in [0.717, 1.165) is 29.5 Å². The molecule has 1 aromatic heterocycles. The lowest BCUT2D eigenvalue weighted by Crippen LogP contribution is -2.48. The van der Waals surface area contributed by atoms with Gasteiger partial charge in [0.05, 0.1) is 22.8 Å². The van der Waals surface area contributed by atoms with Crippen LogP contribution in [-0.2, 0) is 14.8 Å². The summed E-state index contributed by atoms with van der Waals surface area (Å²) in [5.74, 6) is -1.73. The zero-order chi connectivity index (χ0) is 23.8. The summed E-state index contributed by atoms with van der Waals surface area (Å²) in [6.07, 6.45) is -0.421. The zero-order valence-corrected chi connectivity index (χ0v) is 19.4. The molecule has 2 atom stereocenters. The number of benzene rings is 2. The van der Waals surface area contributed by atoms with Crippen molar-refractivity contribution < 1.29 is 26.7 Å². The number of carbonyl (C=O) groups is 1. The lowest BCUT2D eigenvalue weighted by atomic mass is 10.1. The van der Waals surface area contributed by atoms with Gasteiger partial charge in [0.1, 0.15) is 11.6 Å². The van der Waals surface area contributed by atoms with Crippen LogP contribution in [0.5, 0.6) is 0 Å². The van der Waals surface area contributed by atoms with E-state index in [4.69, 9.17) is 4.74 Å². The summed E-state index contributed by atoms with van der Waals surface area (Å²) in [7, 11) is -3.72. The first-order valence-corrected chi connectivity index (χ1v) is 12.4. The van der Waals surface area contributed by atoms with Crippen LogP contribution in [0.15, 0.2) is 52.7 Å². The monoisotopic (exact) mass is 493 g/mol. The van der Waals surface area contributed by atoms with Gasteiger partial charge in [-0.05, 0) is 56.3 Å². The van der Waals surface area contributed by atoms with E-state index in [1.165, 1.54) is 34.0 Å². The topological polar surface area (TPSA) is 88.6 Å². The summed E-state index contributed by atoms with van der Waals surface area (Å²) < 4.78 is 60.2. The fourth-order valence-corrected chi connectivity index (χ4v) is 5.87. The molecule has 0 saturated carbocycles. The zero-order valence-electron chi connectivity index (χ0n) is 17.8. The highest BCUT2D eigenvalue weighted by molar-refractivity contribution is 7.89. The molecule has 33 heavy (non-hydrogen) atoms. The van der Waals surface area contributed by atoms with Crippen LogP contribution in [0.2, 0.25) is 0 Å². The molecule has 11 heteroatoms. The molecule has 4 rings (SSSR count). The fraction of sp³-hybridized carbons (Fsp3) is 0.273. The number of halogens is 2. The number of ether oxygens (including phenoxy) is 1. The standard InChI is InChI=1S/C22H21F2N3O4S2/c1-13-10-27(11-14(2)31-13)33(29,30)17-6-3-15(4-7-17)21(28)26-22-25-20(12-32-22)18-9-16(23)5-8-19(18)24/h3-9,12-14H,10-11H2,1-2H3,(H,25,26,28). The van der Waals surface area contributed by atoms with Crippen molar-refractivity contribution in [3.8, 4) is 11.3 Å². The van der Waals surface area contributed by atoms with E-state index in [2.05, 4.69) is 10.3 Å². The largest absolute Gasteiger partial charge is 0.373 e. The number of carbonyl (C=O) groups excluding carboxylic acids is 1. The van der Waals surface area contributed by atoms with Gasteiger partial charge in [-0.15, -0.1) is 11.3 Å². The highest BCUT2D eigenvalue weighted by atomic mass is 32.2. The second kappa shape index (κ2) is 9.26. The quantitative estimate of drug-likeness (QED) is 0.577. The van der Waals surface area contributed by atoms with Gasteiger partial charge < -0.3 is 4.74 Å². The average Bonchev–Trinajstić information content (AvgIpc) is 3.23. The first kappa shape index (κ1) is 23.4. The minimum atomic E-state index is -3.72. The molecule has 1 N–H and O–H groups in total. The van der Waals surface area contributed by atoms with Gasteiger partial charge in [0, 0.05) is 29.6 Å². The number of anilines is 1. The summed E-state index contributed by atoms with van der Waals surface area (Å²) >= 11 is 1.06. The number of amides is 1. The minimum absolute atomic E-state index is 0.00643. The van der Waals surface area contributed by atoms with E-state index in [-0.39, 0.29) is 52.1 Å². The van der Waals surface area contributed by atoms with Crippen molar-refractivity contribution in [2.45, 2.75) is 31.0 Å². The second-order valence-corrected chi connectivity index (χ2v) is 10.5. The molecule has 1 saturated heterocycles. The molecule has 2 heterocycles. The number of nitrogens with zero attached hydrogens (tertiary/aromatic N) is 2. The predicted molar refractivity (Wildman–Crippen MR) is 121 cm³/mol. The average molecular weight is 494 g/mol. The Bertz CT molecular complexity index is 1270. The van der Waals surface area contributed by atoms with Crippen LogP contribution in [0.25, 0.3) is 11.3 Å². The Balaban J connectivity index is 1.47. The maximum atomic E-state index is 14.0. The first-order valence-electron chi connectivity index (χ1n) is 10.1. The molecule has 7 nitrogen and oxygen atoms in total. The molecule has 0 aliphatic carbocycles. The van der Waals surface area contributed by atoms with Gasteiger partial charge in [-0.3, -0.25) is 10.1 Å². The number of thiazole rings is 1. The molecule has 1 aliphatic rings. The van der Waals surface area contributed by atoms with Crippen LogP contribution < -0.4 is 5.32 Å². The van der Waals surface area contributed by atoms with E-state index < -0.39 is 27.6 Å². The summed E-state index contributed by atoms with van der Waals surface area (Å²) in [5.41, 5.74) is 0.419. The van der Waals surface area contributed by atoms with Gasteiger partial charge in [-0.25, -0.2) is 22.2 Å². The number of nitrogens with one attached hydrogen (secondary N) is 1. The van der Waals surface area contributed by atoms with Gasteiger partial charge in [0.25, 0.3) is 5.91 Å². The smallest absolute Gasteiger partial charge is 0.257 e. The first-order chi connectivity index (χ1) is 15.6. The fourth-order valence-electron chi connectivity index (χ4n) is 3.57. The second-order valence-electron chi connectivity index (χ2n) is 7.72. The van der Waals surface area contributed by atoms with Crippen LogP contribution in [0.4, 0.5) is 13.9 Å². The number of morpholine rings is 1. The van der Waals surface area contributed by atoms with Gasteiger partial charge in [-0.1, -0.05) is 0 Å². The SMILES string of the molecule is CC1CN(S(=O)(=O)c2ccc(C(=O)Nc3nc(-c4cc(F)ccc4F)cs3)cc2)CC(C)O1. The van der Waals surface area contributed by atoms with Gasteiger partial charge >= 0.3 is 0 Å². The minimum Gasteiger partial charge on any atom is -0.373 e. The normalized spacial score (nSPS) is 19.4. The number of rotatable bonds is 5. The third-order valence-electron chi connectivity index (χ3n) is 5.07. The molecular weight excluding hydrogens is 472 g/mol. The molecule has 174 valence electrons. The molecule has 0 bridgehead atoms. The van der Waals surface area contributed by atoms with Crippen molar-refractivity contribution in [1.29, 1.82) is 0 Å². The van der Waals surface area contributed by atoms with Crippen molar-refractivity contribution in [1.82, 2.24) is 9.29 Å². The molecular formula is C22H21F2N3O4S2. The van der Waals surface area contributed by atoms with Gasteiger partial charge in [-0.2, -0.15) is 4.31 Å². The van der Waals surface area contributed by atoms with E-state index in [0.29, 0.717) is 0 Å². The summed E-state index contributed by atoms with van der Waals surface area (Å²) in [6.45, 7) is 4.15. The third-order valence-corrected chi connectivity index (χ3v) is 7.67. The van der Waals surface area contributed by atoms with Crippen LogP contribution in [0.1, 0.15) is 24.2 Å². The number of aromatic nitrogens is 1. The Hall–Kier alpha value is -2.73. The maximum absolute atomic E-state index is 14.0. The third kappa shape index (κ3) is 5.11. The van der Waals surface area contributed by atoms with Crippen LogP contribution in [0, 0.1) is 11.6 Å². The van der Waals surface area contributed by atoms with Crippen molar-refractivity contribution >= 4 is 32.4 Å². The van der Waals surface area contributed by atoms with Crippen molar-refractivity contribution in [3.63, 3.8) is 0 Å². The molecule has 2 unspecified atom stereocenters. The molecule has 3 aromatic rings. The van der Waals surface area contributed by atoms with Gasteiger partial charge in [0.15, 0.2) is 5.13 Å². The molecule has 1 fully saturated rings. The van der Waals surface area contributed by atoms with E-state index >= 15 is 0 Å². The van der Waals surface area contributed by atoms with Gasteiger partial charge in [0.2, 0.25) is 10.0 Å². The highest BCUT2D eigenvalue weighted by Crippen LogP contribution is 2.28. The molecule has 0 spiro atoms. The Labute approximate surface area is 194 Å². The maximum Gasteiger partial charge on any atom is 0.257 e. The number of sulfonamides is 1.